The first-order chi connectivity index (χ1) is 8.13. The molecule has 2 unspecified atom stereocenters. The van der Waals surface area contributed by atoms with Gasteiger partial charge in [0.05, 0.1) is 6.04 Å². The van der Waals surface area contributed by atoms with Crippen molar-refractivity contribution in [3.8, 4) is 0 Å². The van der Waals surface area contributed by atoms with E-state index in [-0.39, 0.29) is 23.9 Å². The molecule has 1 rings (SSSR count). The molecular weight excluding hydrogens is 218 g/mol. The molecule has 2 atom stereocenters. The molecule has 0 spiro atoms. The average Bonchev–Trinajstić information content (AvgIpc) is 2.82. The van der Waals surface area contributed by atoms with E-state index in [9.17, 15) is 9.59 Å². The smallest absolute Gasteiger partial charge is 0.237 e. The third-order valence-corrected chi connectivity index (χ3v) is 3.05. The van der Waals surface area contributed by atoms with Gasteiger partial charge < -0.3 is 16.0 Å². The standard InChI is InChI=1S/C12H23N3O2/c1-3-9(2)15-11(16)6-8-14-12(17)10-5-4-7-13-10/h9-10,13H,3-8H2,1-2H3,(H,14,17)(H,15,16). The van der Waals surface area contributed by atoms with Gasteiger partial charge in [-0.2, -0.15) is 0 Å². The highest BCUT2D eigenvalue weighted by Gasteiger charge is 2.21. The van der Waals surface area contributed by atoms with Gasteiger partial charge in [0.15, 0.2) is 0 Å². The number of nitrogens with one attached hydrogen (secondary N) is 3. The molecule has 2 amide bonds. The lowest BCUT2D eigenvalue weighted by Gasteiger charge is -2.13. The Kier molecular flexibility index (Phi) is 5.97. The second kappa shape index (κ2) is 7.27. The number of carbonyl (C=O) groups is 2. The molecule has 5 heteroatoms. The monoisotopic (exact) mass is 241 g/mol. The molecule has 1 aliphatic rings. The molecule has 0 aromatic rings. The zero-order chi connectivity index (χ0) is 12.7. The first kappa shape index (κ1) is 14.0. The molecule has 1 fully saturated rings. The van der Waals surface area contributed by atoms with Crippen molar-refractivity contribution in [3.63, 3.8) is 0 Å². The summed E-state index contributed by atoms with van der Waals surface area (Å²) in [6.07, 6.45) is 3.21. The van der Waals surface area contributed by atoms with E-state index in [0.717, 1.165) is 25.8 Å². The minimum absolute atomic E-state index is 0.000897. The lowest BCUT2D eigenvalue weighted by atomic mass is 10.2. The molecule has 0 bridgehead atoms. The third-order valence-electron chi connectivity index (χ3n) is 3.05. The van der Waals surface area contributed by atoms with Crippen LogP contribution in [0, 0.1) is 0 Å². The van der Waals surface area contributed by atoms with Crippen LogP contribution in [0.2, 0.25) is 0 Å². The third kappa shape index (κ3) is 5.17. The normalized spacial score (nSPS) is 20.9. The van der Waals surface area contributed by atoms with E-state index < -0.39 is 0 Å². The van der Waals surface area contributed by atoms with Gasteiger partial charge in [-0.1, -0.05) is 6.92 Å². The van der Waals surface area contributed by atoms with Crippen molar-refractivity contribution >= 4 is 11.8 Å². The zero-order valence-corrected chi connectivity index (χ0v) is 10.7. The van der Waals surface area contributed by atoms with Crippen LogP contribution in [0.3, 0.4) is 0 Å². The fraction of sp³-hybridized carbons (Fsp3) is 0.833. The summed E-state index contributed by atoms with van der Waals surface area (Å²) < 4.78 is 0. The molecule has 0 aliphatic carbocycles. The van der Waals surface area contributed by atoms with Crippen LogP contribution in [0.5, 0.6) is 0 Å². The molecular formula is C12H23N3O2. The lowest BCUT2D eigenvalue weighted by Crippen LogP contribution is -2.42. The van der Waals surface area contributed by atoms with Gasteiger partial charge in [0.2, 0.25) is 11.8 Å². The first-order valence-electron chi connectivity index (χ1n) is 6.44. The fourth-order valence-corrected chi connectivity index (χ4v) is 1.78. The van der Waals surface area contributed by atoms with Gasteiger partial charge in [0.1, 0.15) is 0 Å². The van der Waals surface area contributed by atoms with Crippen LogP contribution < -0.4 is 16.0 Å². The summed E-state index contributed by atoms with van der Waals surface area (Å²) in [6, 6.07) is 0.141. The van der Waals surface area contributed by atoms with Gasteiger partial charge in [-0.15, -0.1) is 0 Å². The van der Waals surface area contributed by atoms with E-state index in [4.69, 9.17) is 0 Å². The Bertz CT molecular complexity index is 262. The number of carbonyl (C=O) groups excluding carboxylic acids is 2. The average molecular weight is 241 g/mol. The number of hydrogen-bond donors (Lipinski definition) is 3. The maximum Gasteiger partial charge on any atom is 0.237 e. The second-order valence-electron chi connectivity index (χ2n) is 4.57. The van der Waals surface area contributed by atoms with Crippen LogP contribution in [0.4, 0.5) is 0 Å². The predicted molar refractivity (Wildman–Crippen MR) is 66.5 cm³/mol. The van der Waals surface area contributed by atoms with Crippen molar-refractivity contribution in [3.05, 3.63) is 0 Å². The number of amides is 2. The van der Waals surface area contributed by atoms with Crippen molar-refractivity contribution in [2.75, 3.05) is 13.1 Å². The van der Waals surface area contributed by atoms with Gasteiger partial charge in [0, 0.05) is 19.0 Å². The molecule has 1 aliphatic heterocycles. The van der Waals surface area contributed by atoms with Gasteiger partial charge in [-0.3, -0.25) is 9.59 Å². The van der Waals surface area contributed by atoms with Gasteiger partial charge in [-0.25, -0.2) is 0 Å². The maximum atomic E-state index is 11.6. The van der Waals surface area contributed by atoms with Crippen LogP contribution in [0.15, 0.2) is 0 Å². The van der Waals surface area contributed by atoms with Crippen molar-refractivity contribution < 1.29 is 9.59 Å². The Hall–Kier alpha value is -1.10. The van der Waals surface area contributed by atoms with Crippen molar-refractivity contribution in [1.29, 1.82) is 0 Å². The Morgan fingerprint density at radius 2 is 2.24 bits per heavy atom. The molecule has 1 heterocycles. The quantitative estimate of drug-likeness (QED) is 0.620. The Balaban J connectivity index is 2.10. The molecule has 0 aromatic carbocycles. The van der Waals surface area contributed by atoms with Crippen LogP contribution in [-0.2, 0) is 9.59 Å². The minimum atomic E-state index is -0.0624. The van der Waals surface area contributed by atoms with Gasteiger partial charge in [-0.05, 0) is 32.7 Å². The summed E-state index contributed by atoms with van der Waals surface area (Å²) in [7, 11) is 0. The predicted octanol–water partition coefficient (Wildman–Crippen LogP) is 0.159. The Labute approximate surface area is 103 Å². The van der Waals surface area contributed by atoms with Crippen LogP contribution in [0.25, 0.3) is 0 Å². The van der Waals surface area contributed by atoms with E-state index in [1.807, 2.05) is 13.8 Å². The summed E-state index contributed by atoms with van der Waals surface area (Å²) in [4.78, 5) is 23.0. The molecule has 98 valence electrons. The molecule has 17 heavy (non-hydrogen) atoms. The lowest BCUT2D eigenvalue weighted by molar-refractivity contribution is -0.123. The molecule has 5 nitrogen and oxygen atoms in total. The van der Waals surface area contributed by atoms with Crippen LogP contribution in [0.1, 0.15) is 39.5 Å². The van der Waals surface area contributed by atoms with Crippen molar-refractivity contribution in [2.45, 2.75) is 51.6 Å². The zero-order valence-electron chi connectivity index (χ0n) is 10.7. The summed E-state index contributed by atoms with van der Waals surface area (Å²) in [5, 5.41) is 8.77. The van der Waals surface area contributed by atoms with Crippen LogP contribution >= 0.6 is 0 Å². The van der Waals surface area contributed by atoms with Crippen molar-refractivity contribution in [2.24, 2.45) is 0 Å². The van der Waals surface area contributed by atoms with E-state index in [2.05, 4.69) is 16.0 Å². The van der Waals surface area contributed by atoms with E-state index in [1.54, 1.807) is 0 Å². The molecule has 3 N–H and O–H groups in total. The van der Waals surface area contributed by atoms with Crippen LogP contribution in [-0.4, -0.2) is 37.0 Å². The van der Waals surface area contributed by atoms with Gasteiger partial charge in [0.25, 0.3) is 0 Å². The highest BCUT2D eigenvalue weighted by Crippen LogP contribution is 2.04. The molecule has 0 aromatic heterocycles. The molecule has 0 saturated carbocycles. The Morgan fingerprint density at radius 3 is 2.82 bits per heavy atom. The van der Waals surface area contributed by atoms with Gasteiger partial charge >= 0.3 is 0 Å². The molecule has 0 radical (unpaired) electrons. The molecule has 1 saturated heterocycles. The minimum Gasteiger partial charge on any atom is -0.354 e. The Morgan fingerprint density at radius 1 is 1.47 bits per heavy atom. The topological polar surface area (TPSA) is 70.2 Å². The number of hydrogen-bond acceptors (Lipinski definition) is 3. The van der Waals surface area contributed by atoms with E-state index in [1.165, 1.54) is 0 Å². The fourth-order valence-electron chi connectivity index (χ4n) is 1.78. The maximum absolute atomic E-state index is 11.6. The van der Waals surface area contributed by atoms with E-state index in [0.29, 0.717) is 13.0 Å². The summed E-state index contributed by atoms with van der Waals surface area (Å²) in [5.41, 5.74) is 0. The van der Waals surface area contributed by atoms with E-state index >= 15 is 0 Å². The summed E-state index contributed by atoms with van der Waals surface area (Å²) in [6.45, 7) is 5.32. The highest BCUT2D eigenvalue weighted by molar-refractivity contribution is 5.83. The largest absolute Gasteiger partial charge is 0.354 e. The number of rotatable bonds is 6. The first-order valence-corrected chi connectivity index (χ1v) is 6.44. The summed E-state index contributed by atoms with van der Waals surface area (Å²) in [5.74, 6) is 0.0119. The SMILES string of the molecule is CCC(C)NC(=O)CCNC(=O)C1CCCN1. The second-order valence-corrected chi connectivity index (χ2v) is 4.57. The summed E-state index contributed by atoms with van der Waals surface area (Å²) >= 11 is 0. The highest BCUT2D eigenvalue weighted by atomic mass is 16.2. The van der Waals surface area contributed by atoms with Crippen molar-refractivity contribution in [1.82, 2.24) is 16.0 Å².